The monoisotopic (exact) mass is 184 g/mol. The van der Waals surface area contributed by atoms with Gasteiger partial charge in [0.15, 0.2) is 0 Å². The molecule has 2 heteroatoms. The highest BCUT2D eigenvalue weighted by atomic mass is 16.5. The Morgan fingerprint density at radius 3 is 2.46 bits per heavy atom. The summed E-state index contributed by atoms with van der Waals surface area (Å²) in [5.41, 5.74) is 0.0637. The van der Waals surface area contributed by atoms with Gasteiger partial charge in [-0.2, -0.15) is 0 Å². The molecule has 2 rings (SSSR count). The predicted molar refractivity (Wildman–Crippen MR) is 51.5 cm³/mol. The lowest BCUT2D eigenvalue weighted by Gasteiger charge is -2.25. The van der Waals surface area contributed by atoms with Crippen molar-refractivity contribution in [3.8, 4) is 0 Å². The molecule has 0 aromatic rings. The van der Waals surface area contributed by atoms with E-state index in [-0.39, 0.29) is 17.6 Å². The second-order valence-electron chi connectivity index (χ2n) is 5.29. The lowest BCUT2D eigenvalue weighted by molar-refractivity contribution is -0.0526. The van der Waals surface area contributed by atoms with Gasteiger partial charge in [0.1, 0.15) is 0 Å². The van der Waals surface area contributed by atoms with Gasteiger partial charge < -0.3 is 9.84 Å². The molecule has 0 radical (unpaired) electrons. The molecule has 13 heavy (non-hydrogen) atoms. The van der Waals surface area contributed by atoms with Crippen LogP contribution in [0.2, 0.25) is 0 Å². The summed E-state index contributed by atoms with van der Waals surface area (Å²) < 4.78 is 5.72. The average Bonchev–Trinajstić information content (AvgIpc) is 2.83. The van der Waals surface area contributed by atoms with Gasteiger partial charge >= 0.3 is 0 Å². The summed E-state index contributed by atoms with van der Waals surface area (Å²) in [5, 5.41) is 9.93. The maximum absolute atomic E-state index is 9.93. The summed E-state index contributed by atoms with van der Waals surface area (Å²) in [4.78, 5) is 0. The topological polar surface area (TPSA) is 29.5 Å². The molecule has 0 heterocycles. The summed E-state index contributed by atoms with van der Waals surface area (Å²) in [6.45, 7) is 5.12. The minimum atomic E-state index is -0.258. The van der Waals surface area contributed by atoms with Crippen LogP contribution in [-0.4, -0.2) is 23.9 Å². The number of hydrogen-bond donors (Lipinski definition) is 1. The van der Waals surface area contributed by atoms with Gasteiger partial charge in [-0.1, -0.05) is 13.8 Å². The Morgan fingerprint density at radius 2 is 2.00 bits per heavy atom. The molecule has 2 unspecified atom stereocenters. The molecule has 0 amide bonds. The largest absolute Gasteiger partial charge is 0.390 e. The van der Waals surface area contributed by atoms with E-state index in [1.165, 1.54) is 12.8 Å². The standard InChI is InChI=1S/C11H20O2/c1-11(2)6-5-9(10(11)12)13-7-8-3-4-8/h8-10,12H,3-7H2,1-2H3. The van der Waals surface area contributed by atoms with Gasteiger partial charge in [-0.3, -0.25) is 0 Å². The molecule has 0 aromatic carbocycles. The first-order chi connectivity index (χ1) is 6.09. The minimum Gasteiger partial charge on any atom is -0.390 e. The zero-order valence-corrected chi connectivity index (χ0v) is 8.62. The van der Waals surface area contributed by atoms with Crippen LogP contribution in [0.3, 0.4) is 0 Å². The van der Waals surface area contributed by atoms with Gasteiger partial charge in [0.25, 0.3) is 0 Å². The van der Waals surface area contributed by atoms with E-state index in [9.17, 15) is 5.11 Å². The third kappa shape index (κ3) is 2.05. The second-order valence-corrected chi connectivity index (χ2v) is 5.29. The van der Waals surface area contributed by atoms with E-state index in [2.05, 4.69) is 13.8 Å². The number of hydrogen-bond acceptors (Lipinski definition) is 2. The SMILES string of the molecule is CC1(C)CCC(OCC2CC2)C1O. The first-order valence-electron chi connectivity index (χ1n) is 5.39. The van der Waals surface area contributed by atoms with Gasteiger partial charge in [-0.05, 0) is 37.0 Å². The summed E-state index contributed by atoms with van der Waals surface area (Å²) in [6.07, 6.45) is 4.62. The number of aliphatic hydroxyl groups excluding tert-OH is 1. The van der Waals surface area contributed by atoms with Crippen molar-refractivity contribution in [1.82, 2.24) is 0 Å². The van der Waals surface area contributed by atoms with Crippen molar-refractivity contribution < 1.29 is 9.84 Å². The Bertz CT molecular complexity index is 185. The van der Waals surface area contributed by atoms with Crippen molar-refractivity contribution in [2.24, 2.45) is 11.3 Å². The fraction of sp³-hybridized carbons (Fsp3) is 1.00. The normalized spacial score (nSPS) is 38.1. The van der Waals surface area contributed by atoms with E-state index in [1.807, 2.05) is 0 Å². The van der Waals surface area contributed by atoms with Crippen molar-refractivity contribution in [2.75, 3.05) is 6.61 Å². The molecule has 2 aliphatic rings. The van der Waals surface area contributed by atoms with Gasteiger partial charge in [0, 0.05) is 6.61 Å². The molecule has 2 aliphatic carbocycles. The molecule has 0 bridgehead atoms. The van der Waals surface area contributed by atoms with E-state index in [0.717, 1.165) is 25.4 Å². The molecular weight excluding hydrogens is 164 g/mol. The van der Waals surface area contributed by atoms with Crippen molar-refractivity contribution in [2.45, 2.75) is 51.7 Å². The van der Waals surface area contributed by atoms with Crippen molar-refractivity contribution in [1.29, 1.82) is 0 Å². The van der Waals surface area contributed by atoms with E-state index in [4.69, 9.17) is 4.74 Å². The van der Waals surface area contributed by atoms with Gasteiger partial charge in [0.05, 0.1) is 12.2 Å². The zero-order valence-electron chi connectivity index (χ0n) is 8.62. The number of rotatable bonds is 3. The predicted octanol–water partition coefficient (Wildman–Crippen LogP) is 1.96. The Balaban J connectivity index is 1.79. The maximum Gasteiger partial charge on any atom is 0.0852 e. The molecule has 0 aliphatic heterocycles. The van der Waals surface area contributed by atoms with Crippen LogP contribution in [0.1, 0.15) is 39.5 Å². The zero-order chi connectivity index (χ0) is 9.47. The van der Waals surface area contributed by atoms with Crippen LogP contribution < -0.4 is 0 Å². The highest BCUT2D eigenvalue weighted by Gasteiger charge is 2.41. The van der Waals surface area contributed by atoms with E-state index in [0.29, 0.717) is 0 Å². The molecule has 0 aromatic heterocycles. The molecule has 1 N–H and O–H groups in total. The molecule has 0 spiro atoms. The molecule has 2 atom stereocenters. The van der Waals surface area contributed by atoms with E-state index >= 15 is 0 Å². The van der Waals surface area contributed by atoms with Gasteiger partial charge in [0.2, 0.25) is 0 Å². The fourth-order valence-corrected chi connectivity index (χ4v) is 2.04. The Hall–Kier alpha value is -0.0800. The molecule has 0 saturated heterocycles. The molecule has 2 saturated carbocycles. The van der Waals surface area contributed by atoms with Crippen molar-refractivity contribution in [3.05, 3.63) is 0 Å². The third-order valence-electron chi connectivity index (χ3n) is 3.47. The first-order valence-corrected chi connectivity index (χ1v) is 5.39. The quantitative estimate of drug-likeness (QED) is 0.726. The molecule has 2 fully saturated rings. The minimum absolute atomic E-state index is 0.0637. The highest BCUT2D eigenvalue weighted by molar-refractivity contribution is 4.92. The maximum atomic E-state index is 9.93. The number of ether oxygens (including phenoxy) is 1. The van der Waals surface area contributed by atoms with Crippen LogP contribution >= 0.6 is 0 Å². The van der Waals surface area contributed by atoms with Gasteiger partial charge in [-0.25, -0.2) is 0 Å². The molecular formula is C11H20O2. The second kappa shape index (κ2) is 3.25. The highest BCUT2D eigenvalue weighted by Crippen LogP contribution is 2.40. The lowest BCUT2D eigenvalue weighted by atomic mass is 9.89. The van der Waals surface area contributed by atoms with Crippen LogP contribution in [-0.2, 0) is 4.74 Å². The summed E-state index contributed by atoms with van der Waals surface area (Å²) >= 11 is 0. The van der Waals surface area contributed by atoms with Crippen LogP contribution in [0.15, 0.2) is 0 Å². The van der Waals surface area contributed by atoms with Crippen molar-refractivity contribution >= 4 is 0 Å². The Kier molecular flexibility index (Phi) is 2.37. The van der Waals surface area contributed by atoms with Crippen LogP contribution in [0.25, 0.3) is 0 Å². The first kappa shape index (κ1) is 9.47. The third-order valence-corrected chi connectivity index (χ3v) is 3.47. The average molecular weight is 184 g/mol. The smallest absolute Gasteiger partial charge is 0.0852 e. The van der Waals surface area contributed by atoms with E-state index < -0.39 is 0 Å². The van der Waals surface area contributed by atoms with Crippen LogP contribution in [0.5, 0.6) is 0 Å². The molecule has 2 nitrogen and oxygen atoms in total. The number of aliphatic hydroxyl groups is 1. The van der Waals surface area contributed by atoms with Crippen molar-refractivity contribution in [3.63, 3.8) is 0 Å². The fourth-order valence-electron chi connectivity index (χ4n) is 2.04. The molecule has 76 valence electrons. The Labute approximate surface area is 80.3 Å². The van der Waals surface area contributed by atoms with Crippen LogP contribution in [0.4, 0.5) is 0 Å². The summed E-state index contributed by atoms with van der Waals surface area (Å²) in [6, 6.07) is 0. The van der Waals surface area contributed by atoms with Gasteiger partial charge in [-0.15, -0.1) is 0 Å². The summed E-state index contributed by atoms with van der Waals surface area (Å²) in [5.74, 6) is 0.802. The lowest BCUT2D eigenvalue weighted by Crippen LogP contribution is -2.33. The summed E-state index contributed by atoms with van der Waals surface area (Å²) in [7, 11) is 0. The van der Waals surface area contributed by atoms with E-state index in [1.54, 1.807) is 0 Å². The Morgan fingerprint density at radius 1 is 1.31 bits per heavy atom. The van der Waals surface area contributed by atoms with Crippen LogP contribution in [0, 0.1) is 11.3 Å².